The van der Waals surface area contributed by atoms with Crippen LogP contribution >= 0.6 is 0 Å². The van der Waals surface area contributed by atoms with Gasteiger partial charge in [0.2, 0.25) is 0 Å². The molecule has 0 aliphatic carbocycles. The van der Waals surface area contributed by atoms with Crippen LogP contribution in [0, 0.1) is 0 Å². The Bertz CT molecular complexity index is 480. The molecule has 1 aromatic heterocycles. The van der Waals surface area contributed by atoms with Gasteiger partial charge in [0.1, 0.15) is 5.58 Å². The van der Waals surface area contributed by atoms with E-state index in [2.05, 4.69) is 37.4 Å². The molecule has 0 spiro atoms. The summed E-state index contributed by atoms with van der Waals surface area (Å²) in [5.41, 5.74) is 2.56. The minimum Gasteiger partial charge on any atom is -0.464 e. The van der Waals surface area contributed by atoms with Crippen LogP contribution in [0.2, 0.25) is 0 Å². The number of nitrogens with one attached hydrogen (secondary N) is 1. The Morgan fingerprint density at radius 2 is 2.12 bits per heavy atom. The van der Waals surface area contributed by atoms with Gasteiger partial charge < -0.3 is 9.73 Å². The molecule has 1 N–H and O–H groups in total. The highest BCUT2D eigenvalue weighted by molar-refractivity contribution is 5.78. The summed E-state index contributed by atoms with van der Waals surface area (Å²) in [4.78, 5) is 0. The van der Waals surface area contributed by atoms with Crippen LogP contribution < -0.4 is 5.32 Å². The summed E-state index contributed by atoms with van der Waals surface area (Å²) in [6, 6.07) is 8.56. The van der Waals surface area contributed by atoms with Gasteiger partial charge in [-0.25, -0.2) is 0 Å². The molecule has 0 saturated carbocycles. The van der Waals surface area contributed by atoms with E-state index < -0.39 is 0 Å². The van der Waals surface area contributed by atoms with Crippen LogP contribution in [0.25, 0.3) is 11.0 Å². The van der Waals surface area contributed by atoms with Crippen molar-refractivity contribution in [1.82, 2.24) is 5.32 Å². The van der Waals surface area contributed by atoms with Gasteiger partial charge in [0.25, 0.3) is 0 Å². The van der Waals surface area contributed by atoms with Crippen molar-refractivity contribution >= 4 is 11.0 Å². The van der Waals surface area contributed by atoms with Crippen molar-refractivity contribution in [3.05, 3.63) is 36.1 Å². The Labute approximate surface area is 103 Å². The van der Waals surface area contributed by atoms with Crippen molar-refractivity contribution in [3.8, 4) is 0 Å². The molecule has 2 nitrogen and oxygen atoms in total. The highest BCUT2D eigenvalue weighted by Crippen LogP contribution is 2.31. The van der Waals surface area contributed by atoms with Crippen LogP contribution in [0.3, 0.4) is 0 Å². The maximum Gasteiger partial charge on any atom is 0.133 e. The molecule has 0 fully saturated rings. The molecule has 2 heteroatoms. The third-order valence-electron chi connectivity index (χ3n) is 3.52. The first-order valence-corrected chi connectivity index (χ1v) is 6.32. The SMILES string of the molecule is CCCC(C)(CNC)c1ccc2occc2c1. The zero-order valence-electron chi connectivity index (χ0n) is 10.9. The van der Waals surface area contributed by atoms with E-state index in [1.807, 2.05) is 13.1 Å². The zero-order chi connectivity index (χ0) is 12.3. The molecular formula is C15H21NO. The van der Waals surface area contributed by atoms with E-state index in [1.165, 1.54) is 23.8 Å². The summed E-state index contributed by atoms with van der Waals surface area (Å²) in [5, 5.41) is 4.51. The Kier molecular flexibility index (Phi) is 3.53. The second kappa shape index (κ2) is 4.92. The molecular weight excluding hydrogens is 210 g/mol. The molecule has 0 amide bonds. The third kappa shape index (κ3) is 2.37. The zero-order valence-corrected chi connectivity index (χ0v) is 10.9. The number of furan rings is 1. The largest absolute Gasteiger partial charge is 0.464 e. The summed E-state index contributed by atoms with van der Waals surface area (Å²) >= 11 is 0. The summed E-state index contributed by atoms with van der Waals surface area (Å²) in [6.45, 7) is 5.57. The first-order chi connectivity index (χ1) is 8.19. The molecule has 2 rings (SSSR count). The monoisotopic (exact) mass is 231 g/mol. The average molecular weight is 231 g/mol. The second-order valence-corrected chi connectivity index (χ2v) is 5.01. The number of benzene rings is 1. The van der Waals surface area contributed by atoms with E-state index in [9.17, 15) is 0 Å². The molecule has 92 valence electrons. The van der Waals surface area contributed by atoms with Gasteiger partial charge in [0.05, 0.1) is 6.26 Å². The van der Waals surface area contributed by atoms with Crippen LogP contribution in [0.4, 0.5) is 0 Å². The van der Waals surface area contributed by atoms with E-state index in [0.717, 1.165) is 12.1 Å². The number of hydrogen-bond acceptors (Lipinski definition) is 2. The Morgan fingerprint density at radius 1 is 1.29 bits per heavy atom. The van der Waals surface area contributed by atoms with Crippen LogP contribution in [-0.2, 0) is 5.41 Å². The summed E-state index contributed by atoms with van der Waals surface area (Å²) in [7, 11) is 2.02. The highest BCUT2D eigenvalue weighted by Gasteiger charge is 2.25. The van der Waals surface area contributed by atoms with E-state index in [-0.39, 0.29) is 5.41 Å². The van der Waals surface area contributed by atoms with Crippen molar-refractivity contribution in [1.29, 1.82) is 0 Å². The molecule has 1 heterocycles. The Hall–Kier alpha value is -1.28. The van der Waals surface area contributed by atoms with Crippen LogP contribution in [0.1, 0.15) is 32.3 Å². The van der Waals surface area contributed by atoms with Gasteiger partial charge in [-0.2, -0.15) is 0 Å². The van der Waals surface area contributed by atoms with E-state index in [1.54, 1.807) is 6.26 Å². The third-order valence-corrected chi connectivity index (χ3v) is 3.52. The normalized spacial score (nSPS) is 15.0. The molecule has 2 aromatic rings. The van der Waals surface area contributed by atoms with Crippen molar-refractivity contribution in [2.75, 3.05) is 13.6 Å². The Morgan fingerprint density at radius 3 is 2.82 bits per heavy atom. The fraction of sp³-hybridized carbons (Fsp3) is 0.467. The van der Waals surface area contributed by atoms with E-state index in [0.29, 0.717) is 0 Å². The average Bonchev–Trinajstić information content (AvgIpc) is 2.76. The lowest BCUT2D eigenvalue weighted by atomic mass is 9.78. The lowest BCUT2D eigenvalue weighted by Crippen LogP contribution is -2.33. The lowest BCUT2D eigenvalue weighted by Gasteiger charge is -2.29. The molecule has 0 aliphatic heterocycles. The van der Waals surface area contributed by atoms with Gasteiger partial charge in [-0.05, 0) is 37.2 Å². The first kappa shape index (κ1) is 12.2. The summed E-state index contributed by atoms with van der Waals surface area (Å²) in [5.74, 6) is 0. The fourth-order valence-corrected chi connectivity index (χ4v) is 2.62. The smallest absolute Gasteiger partial charge is 0.133 e. The number of fused-ring (bicyclic) bond motifs is 1. The predicted molar refractivity (Wildman–Crippen MR) is 72.4 cm³/mol. The second-order valence-electron chi connectivity index (χ2n) is 5.01. The first-order valence-electron chi connectivity index (χ1n) is 6.32. The van der Waals surface area contributed by atoms with Crippen molar-refractivity contribution < 1.29 is 4.42 Å². The van der Waals surface area contributed by atoms with E-state index in [4.69, 9.17) is 4.42 Å². The molecule has 1 atom stereocenters. The summed E-state index contributed by atoms with van der Waals surface area (Å²) in [6.07, 6.45) is 4.14. The lowest BCUT2D eigenvalue weighted by molar-refractivity contribution is 0.411. The molecule has 0 radical (unpaired) electrons. The van der Waals surface area contributed by atoms with Gasteiger partial charge >= 0.3 is 0 Å². The molecule has 0 aliphatic rings. The number of likely N-dealkylation sites (N-methyl/N-ethyl adjacent to an activating group) is 1. The fourth-order valence-electron chi connectivity index (χ4n) is 2.62. The van der Waals surface area contributed by atoms with Crippen molar-refractivity contribution in [2.24, 2.45) is 0 Å². The van der Waals surface area contributed by atoms with Gasteiger partial charge in [0, 0.05) is 17.3 Å². The molecule has 0 saturated heterocycles. The Balaban J connectivity index is 2.40. The number of hydrogen-bond donors (Lipinski definition) is 1. The molecule has 17 heavy (non-hydrogen) atoms. The highest BCUT2D eigenvalue weighted by atomic mass is 16.3. The van der Waals surface area contributed by atoms with Crippen molar-refractivity contribution in [2.45, 2.75) is 32.1 Å². The predicted octanol–water partition coefficient (Wildman–Crippen LogP) is 3.71. The summed E-state index contributed by atoms with van der Waals surface area (Å²) < 4.78 is 5.39. The van der Waals surface area contributed by atoms with Gasteiger partial charge in [-0.1, -0.05) is 26.3 Å². The van der Waals surface area contributed by atoms with Crippen LogP contribution in [-0.4, -0.2) is 13.6 Å². The minimum atomic E-state index is 0.203. The quantitative estimate of drug-likeness (QED) is 0.848. The van der Waals surface area contributed by atoms with Gasteiger partial charge in [0.15, 0.2) is 0 Å². The standard InChI is InChI=1S/C15H21NO/c1-4-8-15(2,11-16-3)13-5-6-14-12(10-13)7-9-17-14/h5-7,9-10,16H,4,8,11H2,1-3H3. The van der Waals surface area contributed by atoms with Crippen molar-refractivity contribution in [3.63, 3.8) is 0 Å². The topological polar surface area (TPSA) is 25.2 Å². The minimum absolute atomic E-state index is 0.203. The maximum absolute atomic E-state index is 5.39. The van der Waals surface area contributed by atoms with E-state index >= 15 is 0 Å². The van der Waals surface area contributed by atoms with Gasteiger partial charge in [-0.3, -0.25) is 0 Å². The number of rotatable bonds is 5. The molecule has 1 unspecified atom stereocenters. The van der Waals surface area contributed by atoms with Crippen LogP contribution in [0.15, 0.2) is 34.9 Å². The maximum atomic E-state index is 5.39. The van der Waals surface area contributed by atoms with Crippen LogP contribution in [0.5, 0.6) is 0 Å². The molecule has 1 aromatic carbocycles. The van der Waals surface area contributed by atoms with Gasteiger partial charge in [-0.15, -0.1) is 0 Å². The molecule has 0 bridgehead atoms.